The van der Waals surface area contributed by atoms with E-state index in [-0.39, 0.29) is 29.8 Å². The van der Waals surface area contributed by atoms with Crippen LogP contribution in [0.25, 0.3) is 0 Å². The van der Waals surface area contributed by atoms with Crippen molar-refractivity contribution < 1.29 is 14.4 Å². The van der Waals surface area contributed by atoms with E-state index in [9.17, 15) is 9.59 Å². The SMILES string of the molecule is CC(C)NC(=O)C1=NO[C@]2(C1)CN(C(=O)C1CCC1)CC[C@H]2NCc1ccccc1. The summed E-state index contributed by atoms with van der Waals surface area (Å²) in [5, 5.41) is 10.7. The molecule has 0 aromatic heterocycles. The first kappa shape index (κ1) is 20.8. The van der Waals surface area contributed by atoms with Gasteiger partial charge in [-0.15, -0.1) is 0 Å². The number of benzene rings is 1. The van der Waals surface area contributed by atoms with Gasteiger partial charge in [-0.05, 0) is 38.7 Å². The van der Waals surface area contributed by atoms with E-state index in [0.29, 0.717) is 31.8 Å². The van der Waals surface area contributed by atoms with Gasteiger partial charge in [-0.3, -0.25) is 9.59 Å². The molecule has 7 heteroatoms. The van der Waals surface area contributed by atoms with Gasteiger partial charge in [0, 0.05) is 31.5 Å². The molecule has 4 rings (SSSR count). The Hall–Kier alpha value is -2.41. The average molecular weight is 413 g/mol. The van der Waals surface area contributed by atoms with E-state index in [0.717, 1.165) is 25.7 Å². The molecule has 1 saturated heterocycles. The molecule has 1 aromatic carbocycles. The molecule has 2 aliphatic heterocycles. The van der Waals surface area contributed by atoms with Crippen LogP contribution in [-0.2, 0) is 21.0 Å². The van der Waals surface area contributed by atoms with E-state index >= 15 is 0 Å². The smallest absolute Gasteiger partial charge is 0.269 e. The third kappa shape index (κ3) is 4.36. The van der Waals surface area contributed by atoms with Gasteiger partial charge in [-0.2, -0.15) is 0 Å². The Morgan fingerprint density at radius 3 is 2.67 bits per heavy atom. The zero-order valence-electron chi connectivity index (χ0n) is 17.9. The van der Waals surface area contributed by atoms with Crippen LogP contribution in [0.2, 0.25) is 0 Å². The van der Waals surface area contributed by atoms with Gasteiger partial charge in [0.2, 0.25) is 5.91 Å². The monoisotopic (exact) mass is 412 g/mol. The van der Waals surface area contributed by atoms with Gasteiger partial charge >= 0.3 is 0 Å². The van der Waals surface area contributed by atoms with Gasteiger partial charge in [0.15, 0.2) is 5.60 Å². The molecule has 1 aliphatic carbocycles. The van der Waals surface area contributed by atoms with Gasteiger partial charge in [-0.25, -0.2) is 0 Å². The Labute approximate surface area is 178 Å². The summed E-state index contributed by atoms with van der Waals surface area (Å²) in [4.78, 5) is 33.3. The van der Waals surface area contributed by atoms with Crippen LogP contribution in [0, 0.1) is 5.92 Å². The summed E-state index contributed by atoms with van der Waals surface area (Å²) in [6.07, 6.45) is 4.29. The number of nitrogens with one attached hydrogen (secondary N) is 2. The fourth-order valence-electron chi connectivity index (χ4n) is 4.52. The molecule has 2 amide bonds. The Bertz CT molecular complexity index is 806. The van der Waals surface area contributed by atoms with Gasteiger partial charge < -0.3 is 20.4 Å². The second kappa shape index (κ2) is 8.76. The second-order valence-electron chi connectivity index (χ2n) is 9.09. The Morgan fingerprint density at radius 1 is 1.23 bits per heavy atom. The molecular weight excluding hydrogens is 380 g/mol. The highest BCUT2D eigenvalue weighted by molar-refractivity contribution is 6.39. The maximum atomic E-state index is 12.9. The van der Waals surface area contributed by atoms with Crippen molar-refractivity contribution in [1.82, 2.24) is 15.5 Å². The molecule has 1 spiro atoms. The van der Waals surface area contributed by atoms with Crippen molar-refractivity contribution in [2.45, 2.75) is 70.2 Å². The molecule has 162 valence electrons. The normalized spacial score (nSPS) is 26.3. The van der Waals surface area contributed by atoms with Crippen LogP contribution in [0.1, 0.15) is 51.5 Å². The number of rotatable bonds is 6. The molecular formula is C23H32N4O3. The first-order valence-electron chi connectivity index (χ1n) is 11.1. The van der Waals surface area contributed by atoms with Gasteiger partial charge in [-0.1, -0.05) is 41.9 Å². The Balaban J connectivity index is 1.48. The van der Waals surface area contributed by atoms with Gasteiger partial charge in [0.05, 0.1) is 12.6 Å². The van der Waals surface area contributed by atoms with Gasteiger partial charge in [0.1, 0.15) is 5.71 Å². The summed E-state index contributed by atoms with van der Waals surface area (Å²) >= 11 is 0. The highest BCUT2D eigenvalue weighted by Gasteiger charge is 2.52. The maximum absolute atomic E-state index is 12.9. The predicted octanol–water partition coefficient (Wildman–Crippen LogP) is 2.22. The molecule has 30 heavy (non-hydrogen) atoms. The number of nitrogens with zero attached hydrogens (tertiary/aromatic N) is 2. The van der Waals surface area contributed by atoms with Crippen molar-refractivity contribution in [3.05, 3.63) is 35.9 Å². The number of amides is 2. The molecule has 3 aliphatic rings. The van der Waals surface area contributed by atoms with Crippen molar-refractivity contribution >= 4 is 17.5 Å². The topological polar surface area (TPSA) is 83.0 Å². The van der Waals surface area contributed by atoms with Crippen LogP contribution in [0.5, 0.6) is 0 Å². The molecule has 7 nitrogen and oxygen atoms in total. The number of carbonyl (C=O) groups is 2. The van der Waals surface area contributed by atoms with E-state index in [4.69, 9.17) is 4.84 Å². The number of oxime groups is 1. The van der Waals surface area contributed by atoms with Crippen LogP contribution >= 0.6 is 0 Å². The molecule has 0 radical (unpaired) electrons. The summed E-state index contributed by atoms with van der Waals surface area (Å²) in [5.41, 5.74) is 0.904. The van der Waals surface area contributed by atoms with Crippen molar-refractivity contribution in [2.75, 3.05) is 13.1 Å². The lowest BCUT2D eigenvalue weighted by Crippen LogP contribution is -2.63. The number of carbonyl (C=O) groups excluding carboxylic acids is 2. The largest absolute Gasteiger partial charge is 0.385 e. The first-order chi connectivity index (χ1) is 14.5. The van der Waals surface area contributed by atoms with E-state index < -0.39 is 5.60 Å². The summed E-state index contributed by atoms with van der Waals surface area (Å²) in [7, 11) is 0. The molecule has 2 atom stereocenters. The van der Waals surface area contributed by atoms with Crippen molar-refractivity contribution in [3.63, 3.8) is 0 Å². The van der Waals surface area contributed by atoms with Crippen LogP contribution in [0.4, 0.5) is 0 Å². The summed E-state index contributed by atoms with van der Waals surface area (Å²) in [6, 6.07) is 10.3. The molecule has 2 N–H and O–H groups in total. The lowest BCUT2D eigenvalue weighted by atomic mass is 9.80. The fraction of sp³-hybridized carbons (Fsp3) is 0.609. The molecule has 2 heterocycles. The lowest BCUT2D eigenvalue weighted by molar-refractivity contribution is -0.150. The zero-order chi connectivity index (χ0) is 21.1. The van der Waals surface area contributed by atoms with Crippen molar-refractivity contribution in [1.29, 1.82) is 0 Å². The standard InChI is InChI=1S/C23H32N4O3/c1-16(2)25-21(28)19-13-23(30-26-19)15-27(22(29)18-9-6-10-18)12-11-20(23)24-14-17-7-4-3-5-8-17/h3-5,7-8,16,18,20,24H,6,9-15H2,1-2H3,(H,25,28)/t20-,23-/m1/s1. The van der Waals surface area contributed by atoms with E-state index in [1.165, 1.54) is 5.56 Å². The van der Waals surface area contributed by atoms with E-state index in [2.05, 4.69) is 27.9 Å². The minimum atomic E-state index is -0.698. The van der Waals surface area contributed by atoms with E-state index in [1.54, 1.807) is 0 Å². The quantitative estimate of drug-likeness (QED) is 0.751. The molecule has 1 aromatic rings. The highest BCUT2D eigenvalue weighted by atomic mass is 16.7. The third-order valence-corrected chi connectivity index (χ3v) is 6.43. The van der Waals surface area contributed by atoms with E-state index in [1.807, 2.05) is 36.9 Å². The Kier molecular flexibility index (Phi) is 6.09. The fourth-order valence-corrected chi connectivity index (χ4v) is 4.52. The van der Waals surface area contributed by atoms with Crippen LogP contribution in [0.15, 0.2) is 35.5 Å². The molecule has 1 saturated carbocycles. The van der Waals surface area contributed by atoms with Gasteiger partial charge in [0.25, 0.3) is 5.91 Å². The summed E-state index contributed by atoms with van der Waals surface area (Å²) < 4.78 is 0. The number of likely N-dealkylation sites (tertiary alicyclic amines) is 1. The number of hydrogen-bond donors (Lipinski definition) is 2. The summed E-state index contributed by atoms with van der Waals surface area (Å²) in [5.74, 6) is 0.193. The molecule has 0 unspecified atom stereocenters. The van der Waals surface area contributed by atoms with Crippen molar-refractivity contribution in [2.24, 2.45) is 11.1 Å². The predicted molar refractivity (Wildman–Crippen MR) is 115 cm³/mol. The van der Waals surface area contributed by atoms with Crippen LogP contribution in [0.3, 0.4) is 0 Å². The average Bonchev–Trinajstić information content (AvgIpc) is 3.10. The third-order valence-electron chi connectivity index (χ3n) is 6.43. The second-order valence-corrected chi connectivity index (χ2v) is 9.09. The molecule has 0 bridgehead atoms. The highest BCUT2D eigenvalue weighted by Crippen LogP contribution is 2.36. The van der Waals surface area contributed by atoms with Crippen LogP contribution in [-0.4, -0.2) is 53.2 Å². The van der Waals surface area contributed by atoms with Crippen LogP contribution < -0.4 is 10.6 Å². The lowest BCUT2D eigenvalue weighted by Gasteiger charge is -2.45. The molecule has 2 fully saturated rings. The minimum absolute atomic E-state index is 0.0104. The Morgan fingerprint density at radius 2 is 2.00 bits per heavy atom. The first-order valence-corrected chi connectivity index (χ1v) is 11.1. The van der Waals surface area contributed by atoms with Crippen molar-refractivity contribution in [3.8, 4) is 0 Å². The number of piperidine rings is 1. The maximum Gasteiger partial charge on any atom is 0.269 e. The summed E-state index contributed by atoms with van der Waals surface area (Å²) in [6.45, 7) is 5.74. The minimum Gasteiger partial charge on any atom is -0.385 e. The number of hydrogen-bond acceptors (Lipinski definition) is 5. The zero-order valence-corrected chi connectivity index (χ0v) is 17.9.